The second-order valence-electron chi connectivity index (χ2n) is 6.25. The predicted octanol–water partition coefficient (Wildman–Crippen LogP) is 4.09. The summed E-state index contributed by atoms with van der Waals surface area (Å²) in [6.45, 7) is 3.84. The number of aryl methyl sites for hydroxylation is 2. The van der Waals surface area contributed by atoms with Crippen molar-refractivity contribution in [2.45, 2.75) is 37.5 Å². The Morgan fingerprint density at radius 3 is 2.72 bits per heavy atom. The molecule has 3 aromatic rings. The van der Waals surface area contributed by atoms with Gasteiger partial charge in [-0.1, -0.05) is 11.2 Å². The molecule has 1 N–H and O–H groups in total. The molecule has 0 unspecified atom stereocenters. The summed E-state index contributed by atoms with van der Waals surface area (Å²) in [4.78, 5) is 5.27. The van der Waals surface area contributed by atoms with Gasteiger partial charge >= 0.3 is 0 Å². The van der Waals surface area contributed by atoms with Gasteiger partial charge in [-0.15, -0.1) is 11.3 Å². The maximum Gasteiger partial charge on any atom is 0.270 e. The third kappa shape index (κ3) is 3.19. The average Bonchev–Trinajstić information content (AvgIpc) is 3.13. The maximum atomic E-state index is 12.7. The van der Waals surface area contributed by atoms with Crippen LogP contribution in [0.1, 0.15) is 35.7 Å². The highest BCUT2D eigenvalue weighted by atomic mass is 32.2. The number of aromatic nitrogens is 2. The molecule has 0 atom stereocenters. The molecule has 0 amide bonds. The number of sulfonamides is 1. The Morgan fingerprint density at radius 1 is 1.20 bits per heavy atom. The molecule has 1 saturated carbocycles. The summed E-state index contributed by atoms with van der Waals surface area (Å²) in [5.74, 6) is 1.44. The monoisotopic (exact) mass is 375 g/mol. The van der Waals surface area contributed by atoms with Crippen LogP contribution in [0.5, 0.6) is 0 Å². The number of rotatable bonds is 5. The molecule has 1 fully saturated rings. The van der Waals surface area contributed by atoms with E-state index < -0.39 is 10.0 Å². The van der Waals surface area contributed by atoms with Gasteiger partial charge in [0.15, 0.2) is 5.82 Å². The smallest absolute Gasteiger partial charge is 0.270 e. The lowest BCUT2D eigenvalue weighted by Crippen LogP contribution is -2.13. The highest BCUT2D eigenvalue weighted by molar-refractivity contribution is 7.92. The van der Waals surface area contributed by atoms with Gasteiger partial charge in [0.2, 0.25) is 0 Å². The van der Waals surface area contributed by atoms with Crippen LogP contribution < -0.4 is 4.72 Å². The van der Waals surface area contributed by atoms with Gasteiger partial charge in [0.25, 0.3) is 15.9 Å². The number of thiophene rings is 1. The number of hydrogen-bond donors (Lipinski definition) is 1. The van der Waals surface area contributed by atoms with Gasteiger partial charge in [-0.2, -0.15) is 4.98 Å². The van der Waals surface area contributed by atoms with E-state index in [1.165, 1.54) is 11.3 Å². The van der Waals surface area contributed by atoms with Crippen molar-refractivity contribution in [3.63, 3.8) is 0 Å². The highest BCUT2D eigenvalue weighted by Crippen LogP contribution is 2.40. The summed E-state index contributed by atoms with van der Waals surface area (Å²) in [6.07, 6.45) is 2.16. The molecular formula is C17H17N3O3S2. The molecule has 0 bridgehead atoms. The molecule has 2 aromatic heterocycles. The Kier molecular flexibility index (Phi) is 3.88. The predicted molar refractivity (Wildman–Crippen MR) is 96.3 cm³/mol. The minimum atomic E-state index is -3.68. The lowest BCUT2D eigenvalue weighted by molar-refractivity contribution is 0.423. The normalized spacial score (nSPS) is 14.6. The van der Waals surface area contributed by atoms with Gasteiger partial charge in [-0.05, 0) is 61.4 Å². The van der Waals surface area contributed by atoms with Crippen molar-refractivity contribution in [3.8, 4) is 10.8 Å². The fraction of sp³-hybridized carbons (Fsp3) is 0.294. The van der Waals surface area contributed by atoms with E-state index in [1.807, 2.05) is 13.8 Å². The first-order valence-electron chi connectivity index (χ1n) is 7.95. The standard InChI is InChI=1S/C17H17N3O3S2/c1-10-3-6-13(9-11(10)2)25(21,22)20-14-7-8-24-15(14)17-18-16(19-23-17)12-4-5-12/h3,6-9,12,20H,4-5H2,1-2H3. The first kappa shape index (κ1) is 16.3. The molecule has 8 heteroatoms. The first-order chi connectivity index (χ1) is 11.9. The average molecular weight is 375 g/mol. The largest absolute Gasteiger partial charge is 0.333 e. The Labute approximate surface area is 150 Å². The topological polar surface area (TPSA) is 85.1 Å². The number of anilines is 1. The van der Waals surface area contributed by atoms with Gasteiger partial charge in [0, 0.05) is 5.92 Å². The van der Waals surface area contributed by atoms with Crippen LogP contribution in [0.15, 0.2) is 39.1 Å². The Morgan fingerprint density at radius 2 is 2.00 bits per heavy atom. The summed E-state index contributed by atoms with van der Waals surface area (Å²) in [5.41, 5.74) is 2.43. The van der Waals surface area contributed by atoms with Crippen LogP contribution in [-0.4, -0.2) is 18.6 Å². The van der Waals surface area contributed by atoms with E-state index in [0.29, 0.717) is 28.2 Å². The molecule has 130 valence electrons. The van der Waals surface area contributed by atoms with Crippen LogP contribution in [-0.2, 0) is 10.0 Å². The van der Waals surface area contributed by atoms with Crippen molar-refractivity contribution in [2.24, 2.45) is 0 Å². The zero-order valence-corrected chi connectivity index (χ0v) is 15.4. The van der Waals surface area contributed by atoms with Crippen molar-refractivity contribution in [2.75, 3.05) is 4.72 Å². The van der Waals surface area contributed by atoms with Crippen molar-refractivity contribution >= 4 is 27.0 Å². The summed E-state index contributed by atoms with van der Waals surface area (Å²) in [7, 11) is -3.68. The Hall–Kier alpha value is -2.19. The van der Waals surface area contributed by atoms with E-state index in [9.17, 15) is 8.42 Å². The van der Waals surface area contributed by atoms with Gasteiger partial charge in [-0.3, -0.25) is 4.72 Å². The molecule has 0 spiro atoms. The second kappa shape index (κ2) is 5.96. The fourth-order valence-corrected chi connectivity index (χ4v) is 4.47. The molecular weight excluding hydrogens is 358 g/mol. The van der Waals surface area contributed by atoms with Crippen LogP contribution in [0, 0.1) is 13.8 Å². The zero-order chi connectivity index (χ0) is 17.6. The molecule has 25 heavy (non-hydrogen) atoms. The second-order valence-corrected chi connectivity index (χ2v) is 8.85. The summed E-state index contributed by atoms with van der Waals surface area (Å²) in [5, 5.41) is 5.79. The maximum absolute atomic E-state index is 12.7. The number of hydrogen-bond acceptors (Lipinski definition) is 6. The van der Waals surface area contributed by atoms with Crippen molar-refractivity contribution in [3.05, 3.63) is 46.6 Å². The third-order valence-electron chi connectivity index (χ3n) is 4.28. The Balaban J connectivity index is 1.64. The lowest BCUT2D eigenvalue weighted by Gasteiger charge is -2.09. The molecule has 1 aliphatic carbocycles. The van der Waals surface area contributed by atoms with E-state index >= 15 is 0 Å². The van der Waals surface area contributed by atoms with Crippen LogP contribution in [0.3, 0.4) is 0 Å². The van der Waals surface area contributed by atoms with E-state index in [-0.39, 0.29) is 4.90 Å². The van der Waals surface area contributed by atoms with Crippen LogP contribution in [0.2, 0.25) is 0 Å². The molecule has 1 aromatic carbocycles. The van der Waals surface area contributed by atoms with E-state index in [2.05, 4.69) is 14.9 Å². The third-order valence-corrected chi connectivity index (χ3v) is 6.54. The van der Waals surface area contributed by atoms with Crippen LogP contribution in [0.25, 0.3) is 10.8 Å². The van der Waals surface area contributed by atoms with Gasteiger partial charge in [0.05, 0.1) is 10.6 Å². The minimum Gasteiger partial charge on any atom is -0.333 e. The zero-order valence-electron chi connectivity index (χ0n) is 13.8. The number of benzene rings is 1. The molecule has 2 heterocycles. The molecule has 6 nitrogen and oxygen atoms in total. The molecule has 0 radical (unpaired) electrons. The van der Waals surface area contributed by atoms with E-state index in [4.69, 9.17) is 4.52 Å². The van der Waals surface area contributed by atoms with Crippen LogP contribution in [0.4, 0.5) is 5.69 Å². The first-order valence-corrected chi connectivity index (χ1v) is 10.3. The molecule has 0 aliphatic heterocycles. The summed E-state index contributed by atoms with van der Waals surface area (Å²) >= 11 is 1.37. The molecule has 1 aliphatic rings. The summed E-state index contributed by atoms with van der Waals surface area (Å²) < 4.78 is 33.4. The number of nitrogens with zero attached hydrogens (tertiary/aromatic N) is 2. The van der Waals surface area contributed by atoms with Gasteiger partial charge in [-0.25, -0.2) is 8.42 Å². The Bertz CT molecular complexity index is 1030. The van der Waals surface area contributed by atoms with Crippen molar-refractivity contribution < 1.29 is 12.9 Å². The lowest BCUT2D eigenvalue weighted by atomic mass is 10.1. The highest BCUT2D eigenvalue weighted by Gasteiger charge is 2.30. The van der Waals surface area contributed by atoms with E-state index in [1.54, 1.807) is 29.6 Å². The minimum absolute atomic E-state index is 0.233. The van der Waals surface area contributed by atoms with Crippen LogP contribution >= 0.6 is 11.3 Å². The fourth-order valence-electron chi connectivity index (χ4n) is 2.47. The van der Waals surface area contributed by atoms with Gasteiger partial charge in [0.1, 0.15) is 4.88 Å². The SMILES string of the molecule is Cc1ccc(S(=O)(=O)Nc2ccsc2-c2nc(C3CC3)no2)cc1C. The molecule has 0 saturated heterocycles. The van der Waals surface area contributed by atoms with Gasteiger partial charge < -0.3 is 4.52 Å². The quantitative estimate of drug-likeness (QED) is 0.726. The van der Waals surface area contributed by atoms with E-state index in [0.717, 1.165) is 24.0 Å². The number of nitrogens with one attached hydrogen (secondary N) is 1. The van der Waals surface area contributed by atoms with Crippen molar-refractivity contribution in [1.29, 1.82) is 0 Å². The molecule has 4 rings (SSSR count). The van der Waals surface area contributed by atoms with Crippen molar-refractivity contribution in [1.82, 2.24) is 10.1 Å². The summed E-state index contributed by atoms with van der Waals surface area (Å²) in [6, 6.07) is 6.79.